The number of carbonyl (C=O) groups is 2. The zero-order valence-electron chi connectivity index (χ0n) is 22.5. The molecular weight excluding hydrogens is 689 g/mol. The lowest BCUT2D eigenvalue weighted by Gasteiger charge is -2.39. The standard InChI is InChI=1S/C27H29F2IN4O5S2/c1-16(2)19-6-4-18(5-7-19)14-31-24(35)22-15-33(26-32-17(3)23(40-26)25(36)37)12-13-34(22)41(38,39)21-10-8-20(9-11-21)27(28,29)30/h4-11,16,22H,12-15H2,1-3H3,(H,31,35)(H,36,37)/t22-/m1/s1. The van der Waals surface area contributed by atoms with Crippen molar-refractivity contribution in [2.24, 2.45) is 0 Å². The van der Waals surface area contributed by atoms with Gasteiger partial charge in [-0.1, -0.05) is 61.6 Å². The molecule has 220 valence electrons. The summed E-state index contributed by atoms with van der Waals surface area (Å²) in [5.41, 5.74) is 1.96. The Morgan fingerprint density at radius 3 is 2.32 bits per heavy atom. The van der Waals surface area contributed by atoms with Crippen LogP contribution in [-0.2, 0) is 25.3 Å². The zero-order chi connectivity index (χ0) is 30.1. The maximum atomic E-state index is 13.7. The van der Waals surface area contributed by atoms with E-state index >= 15 is 0 Å². The number of nitrogens with zero attached hydrogens (tertiary/aromatic N) is 3. The number of carboxylic acids is 1. The van der Waals surface area contributed by atoms with Crippen LogP contribution in [0.5, 0.6) is 0 Å². The van der Waals surface area contributed by atoms with Crippen LogP contribution in [-0.4, -0.2) is 60.4 Å². The van der Waals surface area contributed by atoms with Gasteiger partial charge in [0.1, 0.15) is 10.9 Å². The van der Waals surface area contributed by atoms with Crippen molar-refractivity contribution in [1.82, 2.24) is 14.6 Å². The SMILES string of the molecule is Cc1nc(N2CCN(S(=O)(=O)c3ccc(C(F)(F)I)cc3)[C@@H](C(=O)NCc3ccc(C(C)C)cc3)C2)sc1C(=O)O. The van der Waals surface area contributed by atoms with Crippen molar-refractivity contribution in [2.45, 2.75) is 48.1 Å². The van der Waals surface area contributed by atoms with Crippen LogP contribution in [0.1, 0.15) is 51.8 Å². The highest BCUT2D eigenvalue weighted by atomic mass is 127. The third-order valence-corrected chi connectivity index (χ3v) is 10.5. The highest BCUT2D eigenvalue weighted by Crippen LogP contribution is 2.36. The minimum atomic E-state index is -4.25. The van der Waals surface area contributed by atoms with Gasteiger partial charge in [0, 0.05) is 54.3 Å². The molecule has 3 aromatic rings. The van der Waals surface area contributed by atoms with Gasteiger partial charge in [-0.2, -0.15) is 13.1 Å². The molecule has 0 saturated carbocycles. The molecule has 0 radical (unpaired) electrons. The van der Waals surface area contributed by atoms with E-state index in [1.807, 2.05) is 24.3 Å². The van der Waals surface area contributed by atoms with Crippen LogP contribution >= 0.6 is 33.9 Å². The van der Waals surface area contributed by atoms with Crippen LogP contribution in [0.4, 0.5) is 13.9 Å². The molecule has 2 heterocycles. The average Bonchev–Trinajstić information content (AvgIpc) is 3.33. The number of benzene rings is 2. The normalized spacial score (nSPS) is 16.7. The molecule has 0 bridgehead atoms. The molecule has 1 fully saturated rings. The summed E-state index contributed by atoms with van der Waals surface area (Å²) in [6.45, 7) is 5.86. The first-order valence-corrected chi connectivity index (χ1v) is 16.0. The number of thiazole rings is 1. The van der Waals surface area contributed by atoms with E-state index in [2.05, 4.69) is 24.1 Å². The first kappa shape index (κ1) is 31.3. The number of rotatable bonds is 9. The van der Waals surface area contributed by atoms with E-state index in [0.717, 1.165) is 73.6 Å². The van der Waals surface area contributed by atoms with Gasteiger partial charge < -0.3 is 15.3 Å². The molecule has 1 atom stereocenters. The Balaban J connectivity index is 1.61. The molecule has 0 unspecified atom stereocenters. The van der Waals surface area contributed by atoms with Crippen LogP contribution in [0, 0.1) is 6.92 Å². The Kier molecular flexibility index (Phi) is 9.35. The summed E-state index contributed by atoms with van der Waals surface area (Å²) in [7, 11) is -4.25. The molecule has 1 saturated heterocycles. The summed E-state index contributed by atoms with van der Waals surface area (Å²) in [4.78, 5) is 30.9. The lowest BCUT2D eigenvalue weighted by atomic mass is 10.0. The van der Waals surface area contributed by atoms with Crippen molar-refractivity contribution in [3.63, 3.8) is 0 Å². The van der Waals surface area contributed by atoms with Crippen LogP contribution in [0.3, 0.4) is 0 Å². The fourth-order valence-corrected chi connectivity index (χ4v) is 7.31. The molecule has 14 heteroatoms. The smallest absolute Gasteiger partial charge is 0.347 e. The predicted molar refractivity (Wildman–Crippen MR) is 160 cm³/mol. The number of alkyl halides is 3. The molecule has 1 aromatic heterocycles. The van der Waals surface area contributed by atoms with Gasteiger partial charge in [0.25, 0.3) is 0 Å². The van der Waals surface area contributed by atoms with Crippen LogP contribution in [0.15, 0.2) is 53.4 Å². The van der Waals surface area contributed by atoms with Gasteiger partial charge in [-0.25, -0.2) is 18.2 Å². The van der Waals surface area contributed by atoms with Crippen LogP contribution < -0.4 is 10.2 Å². The van der Waals surface area contributed by atoms with Crippen molar-refractivity contribution < 1.29 is 31.9 Å². The second kappa shape index (κ2) is 12.3. The maximum absolute atomic E-state index is 13.7. The summed E-state index contributed by atoms with van der Waals surface area (Å²) in [5, 5.41) is 12.6. The van der Waals surface area contributed by atoms with Gasteiger partial charge in [0.2, 0.25) is 15.9 Å². The predicted octanol–water partition coefficient (Wildman–Crippen LogP) is 4.95. The molecule has 0 spiro atoms. The minimum Gasteiger partial charge on any atom is -0.477 e. The summed E-state index contributed by atoms with van der Waals surface area (Å²) >= 11 is 1.93. The highest BCUT2D eigenvalue weighted by molar-refractivity contribution is 14.1. The van der Waals surface area contributed by atoms with E-state index in [-0.39, 0.29) is 41.5 Å². The fourth-order valence-electron chi connectivity index (χ4n) is 4.44. The van der Waals surface area contributed by atoms with Crippen molar-refractivity contribution in [3.8, 4) is 0 Å². The Labute approximate surface area is 254 Å². The van der Waals surface area contributed by atoms with Crippen molar-refractivity contribution in [1.29, 1.82) is 0 Å². The maximum Gasteiger partial charge on any atom is 0.347 e. The fraction of sp³-hybridized carbons (Fsp3) is 0.370. The Bertz CT molecular complexity index is 1520. The Morgan fingerprint density at radius 1 is 1.15 bits per heavy atom. The number of carbonyl (C=O) groups excluding carboxylic acids is 1. The quantitative estimate of drug-likeness (QED) is 0.238. The number of aromatic carboxylic acids is 1. The van der Waals surface area contributed by atoms with Gasteiger partial charge >= 0.3 is 9.90 Å². The van der Waals surface area contributed by atoms with E-state index < -0.39 is 31.9 Å². The van der Waals surface area contributed by atoms with Gasteiger partial charge in [-0.3, -0.25) is 4.79 Å². The van der Waals surface area contributed by atoms with Gasteiger partial charge in [0.05, 0.1) is 10.6 Å². The number of hydrogen-bond acceptors (Lipinski definition) is 7. The molecule has 1 amide bonds. The third kappa shape index (κ3) is 7.04. The topological polar surface area (TPSA) is 120 Å². The first-order valence-electron chi connectivity index (χ1n) is 12.7. The van der Waals surface area contributed by atoms with Crippen LogP contribution in [0.2, 0.25) is 0 Å². The number of hydrogen-bond donors (Lipinski definition) is 2. The van der Waals surface area contributed by atoms with Gasteiger partial charge in [0.15, 0.2) is 5.13 Å². The number of aromatic nitrogens is 1. The van der Waals surface area contributed by atoms with E-state index in [0.29, 0.717) is 16.7 Å². The monoisotopic (exact) mass is 718 g/mol. The van der Waals surface area contributed by atoms with E-state index in [1.165, 1.54) is 0 Å². The molecule has 0 aliphatic carbocycles. The van der Waals surface area contributed by atoms with Crippen LogP contribution in [0.25, 0.3) is 0 Å². The molecular formula is C27H29F2IN4O5S2. The molecule has 41 heavy (non-hydrogen) atoms. The second-order valence-electron chi connectivity index (χ2n) is 9.93. The van der Waals surface area contributed by atoms with Gasteiger partial charge in [-0.05, 0) is 36.1 Å². The van der Waals surface area contributed by atoms with E-state index in [4.69, 9.17) is 0 Å². The molecule has 2 N–H and O–H groups in total. The Morgan fingerprint density at radius 2 is 1.78 bits per heavy atom. The summed E-state index contributed by atoms with van der Waals surface area (Å²) in [5.74, 6) is -1.32. The van der Waals surface area contributed by atoms with Crippen molar-refractivity contribution >= 4 is 61.0 Å². The largest absolute Gasteiger partial charge is 0.477 e. The molecule has 9 nitrogen and oxygen atoms in total. The number of nitrogens with one attached hydrogen (secondary N) is 1. The highest BCUT2D eigenvalue weighted by Gasteiger charge is 2.41. The summed E-state index contributed by atoms with van der Waals surface area (Å²) in [6, 6.07) is 10.9. The Hall–Kier alpha value is -2.69. The minimum absolute atomic E-state index is 0.0630. The number of sulfonamides is 1. The molecule has 2 aromatic carbocycles. The first-order chi connectivity index (χ1) is 19.2. The lowest BCUT2D eigenvalue weighted by Crippen LogP contribution is -2.60. The number of piperazine rings is 1. The number of aryl methyl sites for hydroxylation is 1. The second-order valence-corrected chi connectivity index (χ2v) is 14.2. The van der Waals surface area contributed by atoms with E-state index in [1.54, 1.807) is 11.8 Å². The number of halogens is 3. The molecule has 1 aliphatic rings. The number of anilines is 1. The summed E-state index contributed by atoms with van der Waals surface area (Å²) in [6.07, 6.45) is 0. The van der Waals surface area contributed by atoms with E-state index in [9.17, 15) is 31.9 Å². The lowest BCUT2D eigenvalue weighted by molar-refractivity contribution is -0.125. The third-order valence-electron chi connectivity index (χ3n) is 6.79. The number of carboxylic acid groups (broad SMARTS) is 1. The molecule has 1 aliphatic heterocycles. The number of amides is 1. The van der Waals surface area contributed by atoms with Crippen molar-refractivity contribution in [2.75, 3.05) is 24.5 Å². The molecule has 4 rings (SSSR count). The zero-order valence-corrected chi connectivity index (χ0v) is 26.3. The van der Waals surface area contributed by atoms with Gasteiger partial charge in [-0.15, -0.1) is 0 Å². The van der Waals surface area contributed by atoms with Crippen molar-refractivity contribution in [3.05, 3.63) is 75.8 Å². The summed E-state index contributed by atoms with van der Waals surface area (Å²) < 4.78 is 52.7. The average molecular weight is 719 g/mol.